The van der Waals surface area contributed by atoms with Crippen LogP contribution in [0.4, 0.5) is 14.9 Å². The molecule has 0 unspecified atom stereocenters. The number of anilines is 1. The molecule has 0 bridgehead atoms. The van der Waals surface area contributed by atoms with Crippen LogP contribution in [0.1, 0.15) is 11.3 Å². The van der Waals surface area contributed by atoms with Crippen LogP contribution in [0, 0.1) is 17.1 Å². The molecule has 120 valence electrons. The molecular weight excluding hydrogens is 307 g/mol. The van der Waals surface area contributed by atoms with Crippen molar-refractivity contribution < 1.29 is 9.18 Å². The maximum atomic E-state index is 13.2. The molecule has 0 atom stereocenters. The first kappa shape index (κ1) is 15.6. The summed E-state index contributed by atoms with van der Waals surface area (Å²) in [6.45, 7) is 0.347. The largest absolute Gasteiger partial charge is 0.357 e. The van der Waals surface area contributed by atoms with E-state index in [4.69, 9.17) is 5.26 Å². The van der Waals surface area contributed by atoms with E-state index in [2.05, 4.69) is 10.3 Å². The zero-order valence-electron chi connectivity index (χ0n) is 13.0. The average Bonchev–Trinajstić information content (AvgIpc) is 2.96. The Morgan fingerprint density at radius 1 is 1.29 bits per heavy atom. The lowest BCUT2D eigenvalue weighted by atomic mass is 10.2. The van der Waals surface area contributed by atoms with Crippen LogP contribution in [0.25, 0.3) is 10.9 Å². The number of hydrogen-bond donors (Lipinski definition) is 2. The smallest absolute Gasteiger partial charge is 0.321 e. The Bertz CT molecular complexity index is 942. The summed E-state index contributed by atoms with van der Waals surface area (Å²) in [5.74, 6) is -0.295. The van der Waals surface area contributed by atoms with E-state index in [1.54, 1.807) is 37.4 Å². The summed E-state index contributed by atoms with van der Waals surface area (Å²) in [5, 5.41) is 12.4. The molecule has 1 heterocycles. The van der Waals surface area contributed by atoms with Crippen LogP contribution in [0.5, 0.6) is 0 Å². The summed E-state index contributed by atoms with van der Waals surface area (Å²) in [6.07, 6.45) is 0. The van der Waals surface area contributed by atoms with E-state index in [9.17, 15) is 9.18 Å². The van der Waals surface area contributed by atoms with E-state index >= 15 is 0 Å². The Morgan fingerprint density at radius 3 is 2.92 bits per heavy atom. The number of carbonyl (C=O) groups excluding carboxylic acids is 1. The van der Waals surface area contributed by atoms with Crippen LogP contribution in [0.15, 0.2) is 48.5 Å². The Hall–Kier alpha value is -3.33. The molecule has 0 fully saturated rings. The van der Waals surface area contributed by atoms with E-state index in [0.29, 0.717) is 17.8 Å². The summed E-state index contributed by atoms with van der Waals surface area (Å²) in [4.78, 5) is 16.9. The number of nitriles is 1. The average molecular weight is 322 g/mol. The Balaban J connectivity index is 1.69. The zero-order chi connectivity index (χ0) is 17.1. The van der Waals surface area contributed by atoms with Crippen molar-refractivity contribution in [2.24, 2.45) is 0 Å². The number of amides is 2. The van der Waals surface area contributed by atoms with Gasteiger partial charge < -0.3 is 15.2 Å². The zero-order valence-corrected chi connectivity index (χ0v) is 13.0. The number of nitrogens with zero attached hydrogens (tertiary/aromatic N) is 2. The molecule has 0 saturated heterocycles. The minimum Gasteiger partial charge on any atom is -0.357 e. The molecule has 1 aromatic heterocycles. The number of aromatic nitrogens is 1. The van der Waals surface area contributed by atoms with Gasteiger partial charge in [0.2, 0.25) is 0 Å². The fraction of sp³-hybridized carbons (Fsp3) is 0.111. The Kier molecular flexibility index (Phi) is 4.17. The highest BCUT2D eigenvalue weighted by Crippen LogP contribution is 2.18. The van der Waals surface area contributed by atoms with Crippen molar-refractivity contribution in [3.63, 3.8) is 0 Å². The predicted octanol–water partition coefficient (Wildman–Crippen LogP) is 3.84. The lowest BCUT2D eigenvalue weighted by Gasteiger charge is -2.17. The second-order valence-corrected chi connectivity index (χ2v) is 5.50. The minimum absolute atomic E-state index is 0.295. The molecule has 5 nitrogen and oxygen atoms in total. The van der Waals surface area contributed by atoms with Gasteiger partial charge in [0.25, 0.3) is 0 Å². The van der Waals surface area contributed by atoms with Crippen molar-refractivity contribution in [3.8, 4) is 6.07 Å². The molecule has 2 N–H and O–H groups in total. The summed E-state index contributed by atoms with van der Waals surface area (Å²) in [6, 6.07) is 14.8. The van der Waals surface area contributed by atoms with Gasteiger partial charge in [-0.3, -0.25) is 0 Å². The normalized spacial score (nSPS) is 10.4. The molecule has 0 aliphatic carbocycles. The molecule has 0 spiro atoms. The third-order valence-corrected chi connectivity index (χ3v) is 3.64. The molecule has 3 aromatic rings. The van der Waals surface area contributed by atoms with Gasteiger partial charge in [-0.05, 0) is 42.5 Å². The van der Waals surface area contributed by atoms with Gasteiger partial charge in [-0.15, -0.1) is 0 Å². The van der Waals surface area contributed by atoms with Crippen molar-refractivity contribution in [2.45, 2.75) is 6.54 Å². The standard InChI is InChI=1S/C18H15FN4O/c1-23(18(24)22-15-4-2-3-12(7-15)10-20)11-16-9-13-8-14(19)5-6-17(13)21-16/h2-9,21H,11H2,1H3,(H,22,24). The first-order valence-electron chi connectivity index (χ1n) is 7.34. The fourth-order valence-corrected chi connectivity index (χ4v) is 2.46. The summed E-state index contributed by atoms with van der Waals surface area (Å²) in [7, 11) is 1.66. The number of rotatable bonds is 3. The highest BCUT2D eigenvalue weighted by Gasteiger charge is 2.11. The number of carbonyl (C=O) groups is 1. The molecular formula is C18H15FN4O. The number of halogens is 1. The number of hydrogen-bond acceptors (Lipinski definition) is 2. The van der Waals surface area contributed by atoms with Crippen molar-refractivity contribution in [2.75, 3.05) is 12.4 Å². The summed E-state index contributed by atoms with van der Waals surface area (Å²) < 4.78 is 13.2. The monoisotopic (exact) mass is 322 g/mol. The Labute approximate surface area is 138 Å². The van der Waals surface area contributed by atoms with Gasteiger partial charge in [-0.1, -0.05) is 6.07 Å². The van der Waals surface area contributed by atoms with Gasteiger partial charge in [0, 0.05) is 29.3 Å². The van der Waals surface area contributed by atoms with Crippen LogP contribution >= 0.6 is 0 Å². The molecule has 0 aliphatic heterocycles. The van der Waals surface area contributed by atoms with E-state index in [-0.39, 0.29) is 11.8 Å². The highest BCUT2D eigenvalue weighted by molar-refractivity contribution is 5.89. The van der Waals surface area contributed by atoms with E-state index < -0.39 is 0 Å². The second-order valence-electron chi connectivity index (χ2n) is 5.50. The number of H-pyrrole nitrogens is 1. The third-order valence-electron chi connectivity index (χ3n) is 3.64. The molecule has 3 rings (SSSR count). The van der Waals surface area contributed by atoms with Crippen LogP contribution in [-0.2, 0) is 6.54 Å². The van der Waals surface area contributed by atoms with Gasteiger partial charge in [-0.2, -0.15) is 5.26 Å². The molecule has 2 amide bonds. The lowest BCUT2D eigenvalue weighted by molar-refractivity contribution is 0.220. The summed E-state index contributed by atoms with van der Waals surface area (Å²) in [5.41, 5.74) is 2.67. The molecule has 2 aromatic carbocycles. The second kappa shape index (κ2) is 6.42. The minimum atomic E-state index is -0.296. The lowest BCUT2D eigenvalue weighted by Crippen LogP contribution is -2.30. The van der Waals surface area contributed by atoms with E-state index in [1.165, 1.54) is 17.0 Å². The topological polar surface area (TPSA) is 71.9 Å². The summed E-state index contributed by atoms with van der Waals surface area (Å²) >= 11 is 0. The van der Waals surface area contributed by atoms with Crippen LogP contribution in [-0.4, -0.2) is 23.0 Å². The molecule has 0 radical (unpaired) electrons. The maximum Gasteiger partial charge on any atom is 0.321 e. The molecule has 0 aliphatic rings. The van der Waals surface area contributed by atoms with Crippen molar-refractivity contribution in [1.29, 1.82) is 5.26 Å². The third kappa shape index (κ3) is 3.36. The first-order chi connectivity index (χ1) is 11.5. The van der Waals surface area contributed by atoms with Crippen LogP contribution < -0.4 is 5.32 Å². The predicted molar refractivity (Wildman–Crippen MR) is 89.9 cm³/mol. The number of fused-ring (bicyclic) bond motifs is 1. The van der Waals surface area contributed by atoms with Crippen LogP contribution in [0.2, 0.25) is 0 Å². The quantitative estimate of drug-likeness (QED) is 0.769. The molecule has 0 saturated carbocycles. The first-order valence-corrected chi connectivity index (χ1v) is 7.34. The van der Waals surface area contributed by atoms with Gasteiger partial charge in [0.15, 0.2) is 0 Å². The van der Waals surface area contributed by atoms with E-state index in [0.717, 1.165) is 16.6 Å². The van der Waals surface area contributed by atoms with Crippen molar-refractivity contribution in [1.82, 2.24) is 9.88 Å². The number of urea groups is 1. The highest BCUT2D eigenvalue weighted by atomic mass is 19.1. The van der Waals surface area contributed by atoms with E-state index in [1.807, 2.05) is 12.1 Å². The fourth-order valence-electron chi connectivity index (χ4n) is 2.46. The van der Waals surface area contributed by atoms with Gasteiger partial charge in [0.05, 0.1) is 18.2 Å². The Morgan fingerprint density at radius 2 is 2.12 bits per heavy atom. The number of aromatic amines is 1. The SMILES string of the molecule is CN(Cc1cc2cc(F)ccc2[nH]1)C(=O)Nc1cccc(C#N)c1. The van der Waals surface area contributed by atoms with Crippen molar-refractivity contribution in [3.05, 3.63) is 65.6 Å². The molecule has 6 heteroatoms. The van der Waals surface area contributed by atoms with Gasteiger partial charge >= 0.3 is 6.03 Å². The van der Waals surface area contributed by atoms with Gasteiger partial charge in [-0.25, -0.2) is 9.18 Å². The maximum absolute atomic E-state index is 13.2. The van der Waals surface area contributed by atoms with Crippen LogP contribution in [0.3, 0.4) is 0 Å². The number of benzene rings is 2. The number of nitrogens with one attached hydrogen (secondary N) is 2. The molecule has 24 heavy (non-hydrogen) atoms. The van der Waals surface area contributed by atoms with Gasteiger partial charge in [0.1, 0.15) is 5.82 Å². The van der Waals surface area contributed by atoms with Crippen molar-refractivity contribution >= 4 is 22.6 Å².